The van der Waals surface area contributed by atoms with Gasteiger partial charge in [-0.25, -0.2) is 0 Å². The summed E-state index contributed by atoms with van der Waals surface area (Å²) in [6.07, 6.45) is 4.42. The third-order valence-electron chi connectivity index (χ3n) is 6.55. The maximum Gasteiger partial charge on any atom is 0.247 e. The molecule has 0 radical (unpaired) electrons. The average molecular weight is 452 g/mol. The third-order valence-corrected chi connectivity index (χ3v) is 6.55. The van der Waals surface area contributed by atoms with Crippen molar-refractivity contribution in [2.75, 3.05) is 13.2 Å². The molecule has 4 nitrogen and oxygen atoms in total. The molecular weight excluding hydrogens is 422 g/mol. The Morgan fingerprint density at radius 1 is 1.09 bits per heavy atom. The Morgan fingerprint density at radius 3 is 2.62 bits per heavy atom. The normalized spacial score (nSPS) is 13.7. The highest BCUT2D eigenvalue weighted by Crippen LogP contribution is 2.37. The quantitative estimate of drug-likeness (QED) is 0.314. The molecule has 0 saturated carbocycles. The molecule has 0 N–H and O–H groups in total. The van der Waals surface area contributed by atoms with E-state index in [1.807, 2.05) is 30.9 Å². The van der Waals surface area contributed by atoms with Crippen molar-refractivity contribution < 1.29 is 13.9 Å². The second-order valence-electron chi connectivity index (χ2n) is 8.90. The summed E-state index contributed by atoms with van der Waals surface area (Å²) in [5.41, 5.74) is 8.48. The minimum absolute atomic E-state index is 0.0282. The van der Waals surface area contributed by atoms with Crippen molar-refractivity contribution in [3.8, 4) is 16.9 Å². The second kappa shape index (κ2) is 9.22. The smallest absolute Gasteiger partial charge is 0.247 e. The molecule has 1 aliphatic heterocycles. The van der Waals surface area contributed by atoms with Gasteiger partial charge >= 0.3 is 0 Å². The summed E-state index contributed by atoms with van der Waals surface area (Å²) in [7, 11) is 0. The number of furan rings is 1. The van der Waals surface area contributed by atoms with E-state index in [0.29, 0.717) is 13.2 Å². The molecule has 1 aliphatic rings. The molecule has 0 fully saturated rings. The Labute approximate surface area is 200 Å². The molecule has 172 valence electrons. The van der Waals surface area contributed by atoms with E-state index in [1.54, 1.807) is 12.3 Å². The first-order chi connectivity index (χ1) is 16.5. The zero-order chi connectivity index (χ0) is 23.7. The zero-order valence-corrected chi connectivity index (χ0v) is 19.9. The molecule has 1 aromatic heterocycles. The van der Waals surface area contributed by atoms with Gasteiger partial charge in [0.05, 0.1) is 12.9 Å². The van der Waals surface area contributed by atoms with Gasteiger partial charge in [-0.2, -0.15) is 0 Å². The molecule has 4 aromatic rings. The van der Waals surface area contributed by atoms with E-state index in [-0.39, 0.29) is 5.91 Å². The van der Waals surface area contributed by atoms with Crippen LogP contribution in [0.5, 0.6) is 5.75 Å². The molecule has 5 rings (SSSR count). The van der Waals surface area contributed by atoms with Crippen molar-refractivity contribution in [3.05, 3.63) is 95.3 Å². The fourth-order valence-corrected chi connectivity index (χ4v) is 4.63. The van der Waals surface area contributed by atoms with E-state index in [0.717, 1.165) is 51.9 Å². The van der Waals surface area contributed by atoms with Crippen LogP contribution in [0.15, 0.2) is 77.4 Å². The fourth-order valence-electron chi connectivity index (χ4n) is 4.63. The van der Waals surface area contributed by atoms with Gasteiger partial charge in [-0.05, 0) is 55.5 Å². The summed E-state index contributed by atoms with van der Waals surface area (Å²) >= 11 is 0. The Bertz CT molecular complexity index is 1380. The van der Waals surface area contributed by atoms with Crippen molar-refractivity contribution in [3.63, 3.8) is 0 Å². The van der Waals surface area contributed by atoms with Gasteiger partial charge < -0.3 is 14.1 Å². The summed E-state index contributed by atoms with van der Waals surface area (Å²) in [5, 5.41) is 1.01. The van der Waals surface area contributed by atoms with Gasteiger partial charge in [-0.3, -0.25) is 4.79 Å². The van der Waals surface area contributed by atoms with Crippen LogP contribution < -0.4 is 4.74 Å². The van der Waals surface area contributed by atoms with Crippen LogP contribution >= 0.6 is 0 Å². The monoisotopic (exact) mass is 451 g/mol. The van der Waals surface area contributed by atoms with Crippen molar-refractivity contribution in [2.24, 2.45) is 0 Å². The molecule has 2 heterocycles. The van der Waals surface area contributed by atoms with E-state index < -0.39 is 0 Å². The first kappa shape index (κ1) is 22.0. The largest absolute Gasteiger partial charge is 0.493 e. The minimum atomic E-state index is 0.0282. The van der Waals surface area contributed by atoms with Crippen molar-refractivity contribution in [2.45, 2.75) is 33.7 Å². The molecule has 1 amide bonds. The molecule has 0 atom stereocenters. The first-order valence-electron chi connectivity index (χ1n) is 11.8. The maximum absolute atomic E-state index is 13.2. The van der Waals surface area contributed by atoms with Gasteiger partial charge in [0.15, 0.2) is 0 Å². The number of rotatable bonds is 5. The van der Waals surface area contributed by atoms with Crippen LogP contribution in [0.3, 0.4) is 0 Å². The lowest BCUT2D eigenvalue weighted by Gasteiger charge is -2.28. The molecule has 4 heteroatoms. The highest BCUT2D eigenvalue weighted by Gasteiger charge is 2.20. The number of aryl methyl sites for hydroxylation is 1. The lowest BCUT2D eigenvalue weighted by atomic mass is 9.98. The third kappa shape index (κ3) is 4.24. The number of amides is 1. The number of nitrogens with zero attached hydrogens (tertiary/aromatic N) is 1. The summed E-state index contributed by atoms with van der Waals surface area (Å²) < 4.78 is 11.8. The van der Waals surface area contributed by atoms with Crippen LogP contribution in [0.4, 0.5) is 0 Å². The molecule has 34 heavy (non-hydrogen) atoms. The van der Waals surface area contributed by atoms with E-state index in [2.05, 4.69) is 55.5 Å². The van der Waals surface area contributed by atoms with Crippen LogP contribution in [-0.2, 0) is 17.8 Å². The number of benzene rings is 3. The summed E-state index contributed by atoms with van der Waals surface area (Å²) in [6.45, 7) is 7.93. The van der Waals surface area contributed by atoms with Crippen LogP contribution in [0.2, 0.25) is 0 Å². The van der Waals surface area contributed by atoms with Crippen molar-refractivity contribution in [1.82, 2.24) is 4.90 Å². The molecule has 0 bridgehead atoms. The van der Waals surface area contributed by atoms with Crippen LogP contribution in [0, 0.1) is 6.92 Å². The van der Waals surface area contributed by atoms with E-state index in [9.17, 15) is 4.79 Å². The zero-order valence-electron chi connectivity index (χ0n) is 19.9. The number of fused-ring (bicyclic) bond motifs is 2. The molecule has 0 spiro atoms. The van der Waals surface area contributed by atoms with E-state index >= 15 is 0 Å². The van der Waals surface area contributed by atoms with Crippen LogP contribution in [-0.4, -0.2) is 24.0 Å². The fraction of sp³-hybridized carbons (Fsp3) is 0.233. The molecule has 0 saturated heterocycles. The van der Waals surface area contributed by atoms with E-state index in [4.69, 9.17) is 9.15 Å². The summed E-state index contributed by atoms with van der Waals surface area (Å²) in [5.74, 6) is 0.755. The topological polar surface area (TPSA) is 42.7 Å². The lowest BCUT2D eigenvalue weighted by molar-refractivity contribution is -0.126. The number of ether oxygens (including phenoxy) is 1. The predicted molar refractivity (Wildman–Crippen MR) is 137 cm³/mol. The standard InChI is InChI=1S/C30H29NO3/c1-4-33-28-17-29-26(27(19-34-29)23-11-9-20(2)10-12-23)16-25(28)21(3)15-30(32)31-14-13-22-7-5-6-8-24(22)18-31/h5-12,15-17,19H,4,13-14,18H2,1-3H3/b21-15+. The Hall–Kier alpha value is -3.79. The summed E-state index contributed by atoms with van der Waals surface area (Å²) in [6, 6.07) is 20.8. The Morgan fingerprint density at radius 2 is 1.85 bits per heavy atom. The minimum Gasteiger partial charge on any atom is -0.493 e. The van der Waals surface area contributed by atoms with Gasteiger partial charge in [0.25, 0.3) is 0 Å². The van der Waals surface area contributed by atoms with Gasteiger partial charge in [0, 0.05) is 41.7 Å². The van der Waals surface area contributed by atoms with Crippen LogP contribution in [0.1, 0.15) is 36.1 Å². The second-order valence-corrected chi connectivity index (χ2v) is 8.90. The van der Waals surface area contributed by atoms with Crippen molar-refractivity contribution in [1.29, 1.82) is 0 Å². The lowest BCUT2D eigenvalue weighted by Crippen LogP contribution is -2.34. The SMILES string of the molecule is CCOc1cc2occ(-c3ccc(C)cc3)c2cc1/C(C)=C/C(=O)N1CCc2ccccc2C1. The van der Waals surface area contributed by atoms with Gasteiger partial charge in [0.2, 0.25) is 5.91 Å². The van der Waals surface area contributed by atoms with Gasteiger partial charge in [-0.1, -0.05) is 54.1 Å². The predicted octanol–water partition coefficient (Wildman–Crippen LogP) is 6.80. The number of hydrogen-bond donors (Lipinski definition) is 0. The number of carbonyl (C=O) groups is 1. The Kier molecular flexibility index (Phi) is 5.97. The highest BCUT2D eigenvalue weighted by atomic mass is 16.5. The number of carbonyl (C=O) groups excluding carboxylic acids is 1. The summed E-state index contributed by atoms with van der Waals surface area (Å²) in [4.78, 5) is 15.1. The van der Waals surface area contributed by atoms with Crippen molar-refractivity contribution >= 4 is 22.4 Å². The highest BCUT2D eigenvalue weighted by molar-refractivity contribution is 6.00. The average Bonchev–Trinajstić information content (AvgIpc) is 3.26. The molecule has 3 aromatic carbocycles. The number of hydrogen-bond acceptors (Lipinski definition) is 3. The van der Waals surface area contributed by atoms with Gasteiger partial charge in [-0.15, -0.1) is 0 Å². The van der Waals surface area contributed by atoms with Crippen LogP contribution in [0.25, 0.3) is 27.7 Å². The molecular formula is C30H29NO3. The Balaban J connectivity index is 1.50. The molecule has 0 unspecified atom stereocenters. The number of allylic oxidation sites excluding steroid dienone is 1. The molecule has 0 aliphatic carbocycles. The van der Waals surface area contributed by atoms with Gasteiger partial charge in [0.1, 0.15) is 11.3 Å². The first-order valence-corrected chi connectivity index (χ1v) is 11.8. The maximum atomic E-state index is 13.2. The van der Waals surface area contributed by atoms with E-state index in [1.165, 1.54) is 16.7 Å².